The first-order valence-corrected chi connectivity index (χ1v) is 8.44. The third-order valence-corrected chi connectivity index (χ3v) is 4.73. The van der Waals surface area contributed by atoms with E-state index in [2.05, 4.69) is 27.0 Å². The van der Waals surface area contributed by atoms with E-state index >= 15 is 0 Å². The van der Waals surface area contributed by atoms with Crippen molar-refractivity contribution in [3.63, 3.8) is 0 Å². The number of hydrogen-bond donors (Lipinski definition) is 2. The third kappa shape index (κ3) is 2.72. The Morgan fingerprint density at radius 2 is 2.17 bits per heavy atom. The van der Waals surface area contributed by atoms with Crippen LogP contribution in [0.5, 0.6) is 5.75 Å². The molecule has 1 aliphatic rings. The number of halogens is 1. The molecule has 1 aromatic carbocycles. The fourth-order valence-electron chi connectivity index (χ4n) is 2.96. The second-order valence-electron chi connectivity index (χ2n) is 5.60. The molecular formula is C18H16BrN3O2. The Bertz CT molecular complexity index is 925. The summed E-state index contributed by atoms with van der Waals surface area (Å²) in [6.45, 7) is 2.03. The molecule has 3 rings (SSSR count). The van der Waals surface area contributed by atoms with Crippen LogP contribution in [0.3, 0.4) is 0 Å². The zero-order valence-corrected chi connectivity index (χ0v) is 14.7. The molecule has 0 bridgehead atoms. The lowest BCUT2D eigenvalue weighted by atomic mass is 9.84. The number of H-pyrrole nitrogens is 1. The Morgan fingerprint density at radius 3 is 2.83 bits per heavy atom. The van der Waals surface area contributed by atoms with Gasteiger partial charge in [-0.1, -0.05) is 47.5 Å². The quantitative estimate of drug-likeness (QED) is 0.847. The van der Waals surface area contributed by atoms with Crippen LogP contribution in [0.2, 0.25) is 0 Å². The number of pyridine rings is 1. The SMILES string of the molecule is CCCc1cc2c(c(=O)[nH]1)C(c1ccccc1Br)C(C#N)=C(N)O2. The molecule has 1 atom stereocenters. The highest BCUT2D eigenvalue weighted by atomic mass is 79.9. The van der Waals surface area contributed by atoms with E-state index in [1.807, 2.05) is 31.2 Å². The molecule has 0 amide bonds. The predicted molar refractivity (Wildman–Crippen MR) is 94.5 cm³/mol. The van der Waals surface area contributed by atoms with Crippen molar-refractivity contribution in [3.05, 3.63) is 73.4 Å². The number of aromatic amines is 1. The average molecular weight is 386 g/mol. The van der Waals surface area contributed by atoms with Gasteiger partial charge in [-0.3, -0.25) is 4.79 Å². The van der Waals surface area contributed by atoms with Crippen LogP contribution in [0.25, 0.3) is 0 Å². The Labute approximate surface area is 147 Å². The van der Waals surface area contributed by atoms with E-state index in [9.17, 15) is 10.1 Å². The number of fused-ring (bicyclic) bond motifs is 1. The molecule has 3 N–H and O–H groups in total. The van der Waals surface area contributed by atoms with Crippen molar-refractivity contribution < 1.29 is 4.74 Å². The van der Waals surface area contributed by atoms with Crippen LogP contribution in [0.15, 0.2) is 51.1 Å². The summed E-state index contributed by atoms with van der Waals surface area (Å²) in [5.74, 6) is -0.105. The molecule has 0 aliphatic carbocycles. The molecule has 122 valence electrons. The summed E-state index contributed by atoms with van der Waals surface area (Å²) in [5, 5.41) is 9.54. The maximum Gasteiger partial charge on any atom is 0.256 e. The number of aromatic nitrogens is 1. The zero-order chi connectivity index (χ0) is 17.3. The van der Waals surface area contributed by atoms with Gasteiger partial charge in [0.1, 0.15) is 17.4 Å². The highest BCUT2D eigenvalue weighted by molar-refractivity contribution is 9.10. The van der Waals surface area contributed by atoms with E-state index in [0.29, 0.717) is 11.3 Å². The van der Waals surface area contributed by atoms with Crippen molar-refractivity contribution in [1.82, 2.24) is 4.98 Å². The second kappa shape index (κ2) is 6.54. The normalized spacial score (nSPS) is 16.3. The van der Waals surface area contributed by atoms with Gasteiger partial charge in [-0.05, 0) is 18.1 Å². The number of ether oxygens (including phenoxy) is 1. The standard InChI is InChI=1S/C18H16BrN3O2/c1-2-5-10-8-14-16(18(23)22-10)15(12(9-20)17(21)24-14)11-6-3-4-7-13(11)19/h3-4,6-8,15H,2,5,21H2,1H3,(H,22,23). The van der Waals surface area contributed by atoms with E-state index < -0.39 is 5.92 Å². The fraction of sp³-hybridized carbons (Fsp3) is 0.222. The lowest BCUT2D eigenvalue weighted by Gasteiger charge is -2.26. The first kappa shape index (κ1) is 16.3. The van der Waals surface area contributed by atoms with E-state index in [0.717, 1.165) is 28.6 Å². The van der Waals surface area contributed by atoms with Gasteiger partial charge in [0.15, 0.2) is 0 Å². The summed E-state index contributed by atoms with van der Waals surface area (Å²) in [4.78, 5) is 15.6. The molecule has 1 aromatic heterocycles. The molecule has 0 fully saturated rings. The van der Waals surface area contributed by atoms with Crippen LogP contribution in [-0.4, -0.2) is 4.98 Å². The van der Waals surface area contributed by atoms with Gasteiger partial charge in [0.05, 0.1) is 11.5 Å². The minimum absolute atomic E-state index is 0.0406. The van der Waals surface area contributed by atoms with Gasteiger partial charge in [0, 0.05) is 16.2 Å². The number of rotatable bonds is 3. The number of nitrogens with one attached hydrogen (secondary N) is 1. The van der Waals surface area contributed by atoms with E-state index in [-0.39, 0.29) is 17.0 Å². The van der Waals surface area contributed by atoms with Crippen molar-refractivity contribution >= 4 is 15.9 Å². The topological polar surface area (TPSA) is 91.9 Å². The van der Waals surface area contributed by atoms with Crippen molar-refractivity contribution in [2.24, 2.45) is 5.73 Å². The number of benzene rings is 1. The van der Waals surface area contributed by atoms with Crippen molar-refractivity contribution in [2.75, 3.05) is 0 Å². The second-order valence-corrected chi connectivity index (χ2v) is 6.45. The minimum Gasteiger partial charge on any atom is -0.440 e. The Kier molecular flexibility index (Phi) is 4.45. The number of aryl methyl sites for hydroxylation is 1. The number of nitrogens with zero attached hydrogens (tertiary/aromatic N) is 1. The lowest BCUT2D eigenvalue weighted by molar-refractivity contribution is 0.390. The first-order chi connectivity index (χ1) is 11.6. The van der Waals surface area contributed by atoms with E-state index in [4.69, 9.17) is 10.5 Å². The van der Waals surface area contributed by atoms with Gasteiger partial charge in [0.25, 0.3) is 5.56 Å². The van der Waals surface area contributed by atoms with Gasteiger partial charge in [0.2, 0.25) is 5.88 Å². The summed E-state index contributed by atoms with van der Waals surface area (Å²) < 4.78 is 6.40. The molecule has 0 radical (unpaired) electrons. The van der Waals surface area contributed by atoms with Crippen molar-refractivity contribution in [2.45, 2.75) is 25.7 Å². The number of hydrogen-bond acceptors (Lipinski definition) is 4. The summed E-state index contributed by atoms with van der Waals surface area (Å²) in [5.41, 5.74) is 7.95. The molecule has 0 saturated heterocycles. The molecule has 5 nitrogen and oxygen atoms in total. The molecule has 1 unspecified atom stereocenters. The molecular weight excluding hydrogens is 370 g/mol. The maximum absolute atomic E-state index is 12.7. The lowest BCUT2D eigenvalue weighted by Crippen LogP contribution is -2.28. The summed E-state index contributed by atoms with van der Waals surface area (Å²) in [6, 6.07) is 11.4. The fourth-order valence-corrected chi connectivity index (χ4v) is 3.47. The zero-order valence-electron chi connectivity index (χ0n) is 13.1. The van der Waals surface area contributed by atoms with Gasteiger partial charge >= 0.3 is 0 Å². The molecule has 1 aliphatic heterocycles. The summed E-state index contributed by atoms with van der Waals surface area (Å²) in [7, 11) is 0. The highest BCUT2D eigenvalue weighted by Gasteiger charge is 2.34. The number of nitriles is 1. The Hall–Kier alpha value is -2.52. The molecule has 2 aromatic rings. The van der Waals surface area contributed by atoms with Crippen LogP contribution < -0.4 is 16.0 Å². The van der Waals surface area contributed by atoms with Crippen LogP contribution in [0.1, 0.15) is 36.1 Å². The first-order valence-electron chi connectivity index (χ1n) is 7.65. The highest BCUT2D eigenvalue weighted by Crippen LogP contribution is 2.42. The van der Waals surface area contributed by atoms with Gasteiger partial charge in [-0.25, -0.2) is 0 Å². The predicted octanol–water partition coefficient (Wildman–Crippen LogP) is 3.31. The molecule has 24 heavy (non-hydrogen) atoms. The van der Waals surface area contributed by atoms with Gasteiger partial charge < -0.3 is 15.5 Å². The van der Waals surface area contributed by atoms with Gasteiger partial charge in [-0.15, -0.1) is 0 Å². The Morgan fingerprint density at radius 1 is 1.42 bits per heavy atom. The maximum atomic E-state index is 12.7. The molecule has 2 heterocycles. The Balaban J connectivity index is 2.27. The van der Waals surface area contributed by atoms with Crippen LogP contribution in [0.4, 0.5) is 0 Å². The van der Waals surface area contributed by atoms with Crippen LogP contribution in [-0.2, 0) is 6.42 Å². The van der Waals surface area contributed by atoms with Crippen LogP contribution in [0, 0.1) is 11.3 Å². The third-order valence-electron chi connectivity index (χ3n) is 4.01. The van der Waals surface area contributed by atoms with Crippen LogP contribution >= 0.6 is 15.9 Å². The largest absolute Gasteiger partial charge is 0.440 e. The van der Waals surface area contributed by atoms with Crippen molar-refractivity contribution in [3.8, 4) is 11.8 Å². The monoisotopic (exact) mass is 385 g/mol. The van der Waals surface area contributed by atoms with E-state index in [1.165, 1.54) is 0 Å². The minimum atomic E-state index is -0.561. The average Bonchev–Trinajstić information content (AvgIpc) is 2.54. The smallest absolute Gasteiger partial charge is 0.256 e. The summed E-state index contributed by atoms with van der Waals surface area (Å²) in [6.07, 6.45) is 1.64. The number of allylic oxidation sites excluding steroid dienone is 1. The summed E-state index contributed by atoms with van der Waals surface area (Å²) >= 11 is 3.50. The van der Waals surface area contributed by atoms with Crippen molar-refractivity contribution in [1.29, 1.82) is 5.26 Å². The number of nitrogens with two attached hydrogens (primary N) is 1. The molecule has 6 heteroatoms. The van der Waals surface area contributed by atoms with E-state index in [1.54, 1.807) is 6.07 Å². The van der Waals surface area contributed by atoms with Gasteiger partial charge in [-0.2, -0.15) is 5.26 Å². The molecule has 0 spiro atoms. The molecule has 0 saturated carbocycles.